The number of ether oxygens (including phenoxy) is 2. The molecule has 8 nitrogen and oxygen atoms in total. The minimum Gasteiger partial charge on any atom is -0.378 e. The number of carbonyl (C=O) groups excluding carboxylic acids is 1. The number of urea groups is 1. The van der Waals surface area contributed by atoms with E-state index in [0.717, 1.165) is 5.56 Å². The molecule has 0 unspecified atom stereocenters. The highest BCUT2D eigenvalue weighted by molar-refractivity contribution is 5.75. The van der Waals surface area contributed by atoms with Gasteiger partial charge in [-0.25, -0.2) is 4.79 Å². The SMILES string of the molecule is O=C(N1CCOCC1)N1CCOC[C@@H]1c1noc(-c2ccccc2)n1. The highest BCUT2D eigenvalue weighted by atomic mass is 16.5. The highest BCUT2D eigenvalue weighted by Crippen LogP contribution is 2.26. The average Bonchev–Trinajstić information content (AvgIpc) is 3.19. The van der Waals surface area contributed by atoms with Crippen molar-refractivity contribution < 1.29 is 18.8 Å². The molecule has 1 atom stereocenters. The van der Waals surface area contributed by atoms with Crippen molar-refractivity contribution in [2.45, 2.75) is 6.04 Å². The summed E-state index contributed by atoms with van der Waals surface area (Å²) in [5.74, 6) is 0.917. The Kier molecular flexibility index (Phi) is 4.62. The number of hydrogen-bond donors (Lipinski definition) is 0. The summed E-state index contributed by atoms with van der Waals surface area (Å²) >= 11 is 0. The second-order valence-electron chi connectivity index (χ2n) is 5.99. The predicted octanol–water partition coefficient (Wildman–Crippen LogP) is 1.56. The Morgan fingerprint density at radius 2 is 1.80 bits per heavy atom. The lowest BCUT2D eigenvalue weighted by atomic mass is 10.2. The number of carbonyl (C=O) groups is 1. The van der Waals surface area contributed by atoms with E-state index in [1.54, 1.807) is 9.80 Å². The summed E-state index contributed by atoms with van der Waals surface area (Å²) in [4.78, 5) is 20.9. The Morgan fingerprint density at radius 3 is 2.60 bits per heavy atom. The Hall–Kier alpha value is -2.45. The van der Waals surface area contributed by atoms with Gasteiger partial charge in [0.15, 0.2) is 5.82 Å². The van der Waals surface area contributed by atoms with Crippen LogP contribution in [0, 0.1) is 0 Å². The molecule has 0 saturated carbocycles. The lowest BCUT2D eigenvalue weighted by Crippen LogP contribution is -2.52. The van der Waals surface area contributed by atoms with Gasteiger partial charge < -0.3 is 23.8 Å². The van der Waals surface area contributed by atoms with Crippen molar-refractivity contribution in [2.75, 3.05) is 46.1 Å². The van der Waals surface area contributed by atoms with Crippen LogP contribution in [0.1, 0.15) is 11.9 Å². The molecule has 2 aliphatic heterocycles. The van der Waals surface area contributed by atoms with Gasteiger partial charge >= 0.3 is 6.03 Å². The zero-order valence-corrected chi connectivity index (χ0v) is 13.8. The first kappa shape index (κ1) is 16.0. The Balaban J connectivity index is 1.55. The molecule has 2 saturated heterocycles. The zero-order chi connectivity index (χ0) is 17.1. The second kappa shape index (κ2) is 7.20. The molecule has 0 aliphatic carbocycles. The third-order valence-corrected chi connectivity index (χ3v) is 4.42. The van der Waals surface area contributed by atoms with E-state index < -0.39 is 0 Å². The van der Waals surface area contributed by atoms with Crippen LogP contribution in [0.25, 0.3) is 11.5 Å². The van der Waals surface area contributed by atoms with Crippen molar-refractivity contribution >= 4 is 6.03 Å². The first-order chi connectivity index (χ1) is 12.3. The van der Waals surface area contributed by atoms with E-state index in [0.29, 0.717) is 57.8 Å². The van der Waals surface area contributed by atoms with Crippen LogP contribution in [-0.4, -0.2) is 72.0 Å². The molecule has 25 heavy (non-hydrogen) atoms. The predicted molar refractivity (Wildman–Crippen MR) is 87.8 cm³/mol. The van der Waals surface area contributed by atoms with Gasteiger partial charge in [0.25, 0.3) is 5.89 Å². The summed E-state index contributed by atoms with van der Waals surface area (Å²) in [6, 6.07) is 9.21. The number of nitrogens with zero attached hydrogens (tertiary/aromatic N) is 4. The minimum absolute atomic E-state index is 0.0253. The lowest BCUT2D eigenvalue weighted by molar-refractivity contribution is -0.0119. The molecule has 2 aromatic rings. The molecule has 4 rings (SSSR count). The molecule has 3 heterocycles. The van der Waals surface area contributed by atoms with E-state index in [1.165, 1.54) is 0 Å². The minimum atomic E-state index is -0.342. The zero-order valence-electron chi connectivity index (χ0n) is 13.8. The van der Waals surface area contributed by atoms with Crippen molar-refractivity contribution in [2.24, 2.45) is 0 Å². The number of amides is 2. The largest absolute Gasteiger partial charge is 0.378 e. The normalized spacial score (nSPS) is 21.4. The molecule has 0 bridgehead atoms. The summed E-state index contributed by atoms with van der Waals surface area (Å²) in [6.07, 6.45) is 0. The van der Waals surface area contributed by atoms with Gasteiger partial charge in [0, 0.05) is 25.2 Å². The summed E-state index contributed by atoms with van der Waals surface area (Å²) in [5, 5.41) is 4.09. The van der Waals surface area contributed by atoms with Crippen molar-refractivity contribution in [3.63, 3.8) is 0 Å². The van der Waals surface area contributed by atoms with E-state index in [9.17, 15) is 4.79 Å². The fraction of sp³-hybridized carbons (Fsp3) is 0.471. The Bertz CT molecular complexity index is 714. The molecular formula is C17H20N4O4. The Morgan fingerprint density at radius 1 is 1.04 bits per heavy atom. The first-order valence-electron chi connectivity index (χ1n) is 8.43. The molecule has 8 heteroatoms. The van der Waals surface area contributed by atoms with Crippen LogP contribution in [-0.2, 0) is 9.47 Å². The van der Waals surface area contributed by atoms with E-state index in [1.807, 2.05) is 30.3 Å². The summed E-state index contributed by atoms with van der Waals surface area (Å²) in [7, 11) is 0. The number of benzene rings is 1. The average molecular weight is 344 g/mol. The van der Waals surface area contributed by atoms with Crippen molar-refractivity contribution in [1.29, 1.82) is 0 Å². The van der Waals surface area contributed by atoms with Gasteiger partial charge in [-0.2, -0.15) is 4.98 Å². The van der Waals surface area contributed by atoms with Gasteiger partial charge in [0.2, 0.25) is 0 Å². The summed E-state index contributed by atoms with van der Waals surface area (Å²) < 4.78 is 16.3. The van der Waals surface area contributed by atoms with Crippen LogP contribution in [0.2, 0.25) is 0 Å². The molecule has 2 amide bonds. The fourth-order valence-corrected chi connectivity index (χ4v) is 3.05. The van der Waals surface area contributed by atoms with Crippen molar-refractivity contribution in [3.05, 3.63) is 36.2 Å². The third-order valence-electron chi connectivity index (χ3n) is 4.42. The standard InChI is InChI=1S/C17H20N4O4/c22-17(20-6-9-23-10-7-20)21-8-11-24-12-14(21)15-18-16(25-19-15)13-4-2-1-3-5-13/h1-5,14H,6-12H2/t14-/m1/s1. The highest BCUT2D eigenvalue weighted by Gasteiger charge is 2.35. The maximum absolute atomic E-state index is 12.9. The maximum Gasteiger partial charge on any atom is 0.320 e. The van der Waals surface area contributed by atoms with Gasteiger partial charge in [0.05, 0.1) is 26.4 Å². The maximum atomic E-state index is 12.9. The molecule has 2 fully saturated rings. The summed E-state index contributed by atoms with van der Waals surface area (Å²) in [6.45, 7) is 3.73. The quantitative estimate of drug-likeness (QED) is 0.822. The van der Waals surface area contributed by atoms with Crippen LogP contribution in [0.4, 0.5) is 4.79 Å². The van der Waals surface area contributed by atoms with Gasteiger partial charge in [-0.3, -0.25) is 0 Å². The molecule has 1 aromatic heterocycles. The molecule has 132 valence electrons. The van der Waals surface area contributed by atoms with Crippen molar-refractivity contribution in [3.8, 4) is 11.5 Å². The third kappa shape index (κ3) is 3.35. The van der Waals surface area contributed by atoms with E-state index >= 15 is 0 Å². The number of rotatable bonds is 2. The van der Waals surface area contributed by atoms with Crippen LogP contribution < -0.4 is 0 Å². The molecule has 1 aromatic carbocycles. The topological polar surface area (TPSA) is 80.9 Å². The molecule has 0 N–H and O–H groups in total. The van der Waals surface area contributed by atoms with Crippen LogP contribution >= 0.6 is 0 Å². The lowest BCUT2D eigenvalue weighted by Gasteiger charge is -2.38. The van der Waals surface area contributed by atoms with Gasteiger partial charge in [-0.05, 0) is 12.1 Å². The number of morpholine rings is 2. The van der Waals surface area contributed by atoms with E-state index in [-0.39, 0.29) is 12.1 Å². The monoisotopic (exact) mass is 344 g/mol. The van der Waals surface area contributed by atoms with Crippen molar-refractivity contribution in [1.82, 2.24) is 19.9 Å². The van der Waals surface area contributed by atoms with Crippen LogP contribution in [0.15, 0.2) is 34.9 Å². The Labute approximate surface area is 145 Å². The smallest absolute Gasteiger partial charge is 0.320 e. The van der Waals surface area contributed by atoms with E-state index in [4.69, 9.17) is 14.0 Å². The van der Waals surface area contributed by atoms with Gasteiger partial charge in [-0.15, -0.1) is 0 Å². The number of aromatic nitrogens is 2. The first-order valence-corrected chi connectivity index (χ1v) is 8.43. The molecular weight excluding hydrogens is 324 g/mol. The molecule has 0 radical (unpaired) electrons. The fourth-order valence-electron chi connectivity index (χ4n) is 3.05. The van der Waals surface area contributed by atoms with Crippen LogP contribution in [0.3, 0.4) is 0 Å². The summed E-state index contributed by atoms with van der Waals surface area (Å²) in [5.41, 5.74) is 0.851. The second-order valence-corrected chi connectivity index (χ2v) is 5.99. The molecule has 0 spiro atoms. The van der Waals surface area contributed by atoms with Gasteiger partial charge in [-0.1, -0.05) is 23.4 Å². The van der Waals surface area contributed by atoms with E-state index in [2.05, 4.69) is 10.1 Å². The van der Waals surface area contributed by atoms with Gasteiger partial charge in [0.1, 0.15) is 6.04 Å². The molecule has 2 aliphatic rings. The van der Waals surface area contributed by atoms with Crippen LogP contribution in [0.5, 0.6) is 0 Å². The number of hydrogen-bond acceptors (Lipinski definition) is 6.